The molecule has 0 amide bonds. The number of halogens is 1. The molecule has 0 bridgehead atoms. The van der Waals surface area contributed by atoms with Gasteiger partial charge in [0.2, 0.25) is 0 Å². The first-order valence-electron chi connectivity index (χ1n) is 2.66. The van der Waals surface area contributed by atoms with Crippen LogP contribution in [0.25, 0.3) is 0 Å². The van der Waals surface area contributed by atoms with Crippen LogP contribution < -0.4 is 0 Å². The molecule has 0 saturated heterocycles. The van der Waals surface area contributed by atoms with Crippen LogP contribution in [0.1, 0.15) is 5.69 Å². The van der Waals surface area contributed by atoms with Gasteiger partial charge in [0, 0.05) is 6.20 Å². The van der Waals surface area contributed by atoms with Crippen LogP contribution in [0.2, 0.25) is 0 Å². The Kier molecular flexibility index (Phi) is 2.35. The van der Waals surface area contributed by atoms with Crippen molar-refractivity contribution in [2.75, 3.05) is 0 Å². The van der Waals surface area contributed by atoms with E-state index in [2.05, 4.69) is 25.9 Å². The highest BCUT2D eigenvalue weighted by Gasteiger charge is 1.93. The van der Waals surface area contributed by atoms with Gasteiger partial charge in [-0.05, 0) is 15.9 Å². The van der Waals surface area contributed by atoms with Crippen molar-refractivity contribution in [3.63, 3.8) is 0 Å². The van der Waals surface area contributed by atoms with Crippen LogP contribution in [0.3, 0.4) is 0 Å². The fourth-order valence-electron chi connectivity index (χ4n) is 0.546. The van der Waals surface area contributed by atoms with Gasteiger partial charge in [0.1, 0.15) is 4.60 Å². The molecule has 1 aromatic heterocycles. The van der Waals surface area contributed by atoms with Gasteiger partial charge < -0.3 is 0 Å². The van der Waals surface area contributed by atoms with Crippen molar-refractivity contribution < 1.29 is 0 Å². The third kappa shape index (κ3) is 1.78. The standard InChI is InChI=1S/C6H4BrN3/c7-6-4-9-3-5(10-6)1-2-8/h3-4H,1H2. The van der Waals surface area contributed by atoms with Crippen molar-refractivity contribution in [1.82, 2.24) is 9.97 Å². The molecule has 0 radical (unpaired) electrons. The van der Waals surface area contributed by atoms with Gasteiger partial charge in [-0.3, -0.25) is 4.98 Å². The summed E-state index contributed by atoms with van der Waals surface area (Å²) in [6, 6.07) is 1.99. The lowest BCUT2D eigenvalue weighted by atomic mass is 10.3. The summed E-state index contributed by atoms with van der Waals surface area (Å²) >= 11 is 3.15. The molecule has 1 heterocycles. The Morgan fingerprint density at radius 1 is 1.60 bits per heavy atom. The molecule has 0 N–H and O–H groups in total. The summed E-state index contributed by atoms with van der Waals surface area (Å²) in [6.07, 6.45) is 3.47. The highest BCUT2D eigenvalue weighted by atomic mass is 79.9. The normalized spacial score (nSPS) is 8.80. The predicted octanol–water partition coefficient (Wildman–Crippen LogP) is 1.31. The van der Waals surface area contributed by atoms with Crippen LogP contribution in [0.5, 0.6) is 0 Å². The van der Waals surface area contributed by atoms with Gasteiger partial charge in [0.05, 0.1) is 24.4 Å². The average Bonchev–Trinajstić information content (AvgIpc) is 1.88. The third-order valence-electron chi connectivity index (χ3n) is 0.915. The van der Waals surface area contributed by atoms with E-state index in [1.165, 1.54) is 0 Å². The van der Waals surface area contributed by atoms with E-state index >= 15 is 0 Å². The Morgan fingerprint density at radius 3 is 3.00 bits per heavy atom. The fraction of sp³-hybridized carbons (Fsp3) is 0.167. The summed E-state index contributed by atoms with van der Waals surface area (Å²) in [5.41, 5.74) is 0.692. The van der Waals surface area contributed by atoms with E-state index in [1.54, 1.807) is 12.4 Å². The monoisotopic (exact) mass is 197 g/mol. The predicted molar refractivity (Wildman–Crippen MR) is 39.0 cm³/mol. The van der Waals surface area contributed by atoms with Crippen molar-refractivity contribution in [2.45, 2.75) is 6.42 Å². The number of hydrogen-bond acceptors (Lipinski definition) is 3. The zero-order chi connectivity index (χ0) is 7.40. The number of rotatable bonds is 1. The molecule has 0 atom stereocenters. The van der Waals surface area contributed by atoms with E-state index in [0.717, 1.165) is 0 Å². The van der Waals surface area contributed by atoms with E-state index in [-0.39, 0.29) is 0 Å². The minimum absolute atomic E-state index is 0.312. The van der Waals surface area contributed by atoms with Crippen molar-refractivity contribution >= 4 is 15.9 Å². The zero-order valence-corrected chi connectivity index (χ0v) is 6.67. The van der Waals surface area contributed by atoms with E-state index in [9.17, 15) is 0 Å². The molecule has 0 aromatic carbocycles. The smallest absolute Gasteiger partial charge is 0.124 e. The van der Waals surface area contributed by atoms with Gasteiger partial charge in [0.25, 0.3) is 0 Å². The van der Waals surface area contributed by atoms with Crippen LogP contribution in [-0.2, 0) is 6.42 Å². The first kappa shape index (κ1) is 7.16. The summed E-state index contributed by atoms with van der Waals surface area (Å²) in [7, 11) is 0. The molecule has 1 aromatic rings. The number of aromatic nitrogens is 2. The van der Waals surface area contributed by atoms with Crippen LogP contribution in [-0.4, -0.2) is 9.97 Å². The Morgan fingerprint density at radius 2 is 2.40 bits per heavy atom. The minimum Gasteiger partial charge on any atom is -0.260 e. The van der Waals surface area contributed by atoms with E-state index in [0.29, 0.717) is 16.7 Å². The largest absolute Gasteiger partial charge is 0.260 e. The molecule has 3 nitrogen and oxygen atoms in total. The second-order valence-electron chi connectivity index (χ2n) is 1.67. The van der Waals surface area contributed by atoms with E-state index < -0.39 is 0 Å². The molecule has 0 unspecified atom stereocenters. The number of nitriles is 1. The highest BCUT2D eigenvalue weighted by molar-refractivity contribution is 9.10. The maximum atomic E-state index is 8.28. The fourth-order valence-corrected chi connectivity index (χ4v) is 0.892. The molecular weight excluding hydrogens is 194 g/mol. The molecule has 4 heteroatoms. The molecule has 0 aliphatic rings. The van der Waals surface area contributed by atoms with Gasteiger partial charge in [-0.1, -0.05) is 0 Å². The maximum Gasteiger partial charge on any atom is 0.124 e. The summed E-state index contributed by atoms with van der Waals surface area (Å²) in [5.74, 6) is 0. The summed E-state index contributed by atoms with van der Waals surface area (Å²) < 4.78 is 0.667. The SMILES string of the molecule is N#CCc1cncc(Br)n1. The third-order valence-corrected chi connectivity index (χ3v) is 1.30. The molecule has 0 fully saturated rings. The summed E-state index contributed by atoms with van der Waals surface area (Å²) in [4.78, 5) is 7.84. The Bertz CT molecular complexity index is 266. The van der Waals surface area contributed by atoms with Gasteiger partial charge in [0.15, 0.2) is 0 Å². The van der Waals surface area contributed by atoms with Crippen LogP contribution in [0, 0.1) is 11.3 Å². The Balaban J connectivity index is 2.87. The quantitative estimate of drug-likeness (QED) is 0.683. The summed E-state index contributed by atoms with van der Waals surface area (Å²) in [5, 5.41) is 8.28. The minimum atomic E-state index is 0.312. The molecule has 0 aliphatic carbocycles. The zero-order valence-electron chi connectivity index (χ0n) is 5.08. The van der Waals surface area contributed by atoms with Gasteiger partial charge in [-0.2, -0.15) is 5.26 Å². The first-order valence-corrected chi connectivity index (χ1v) is 3.45. The Hall–Kier alpha value is -0.950. The lowest BCUT2D eigenvalue weighted by molar-refractivity contribution is 1.04. The number of hydrogen-bond donors (Lipinski definition) is 0. The second kappa shape index (κ2) is 3.28. The molecule has 0 aliphatic heterocycles. The molecule has 50 valence electrons. The van der Waals surface area contributed by atoms with Crippen LogP contribution >= 0.6 is 15.9 Å². The van der Waals surface area contributed by atoms with Crippen molar-refractivity contribution in [2.24, 2.45) is 0 Å². The molecule has 0 saturated carbocycles. The van der Waals surface area contributed by atoms with Gasteiger partial charge in [-0.25, -0.2) is 4.98 Å². The second-order valence-corrected chi connectivity index (χ2v) is 2.48. The lowest BCUT2D eigenvalue weighted by Gasteiger charge is -1.91. The van der Waals surface area contributed by atoms with Crippen molar-refractivity contribution in [3.8, 4) is 6.07 Å². The summed E-state index contributed by atoms with van der Waals surface area (Å²) in [6.45, 7) is 0. The van der Waals surface area contributed by atoms with Crippen molar-refractivity contribution in [3.05, 3.63) is 22.7 Å². The maximum absolute atomic E-state index is 8.28. The first-order chi connectivity index (χ1) is 4.83. The average molecular weight is 198 g/mol. The molecule has 10 heavy (non-hydrogen) atoms. The highest BCUT2D eigenvalue weighted by Crippen LogP contribution is 2.03. The number of nitrogens with zero attached hydrogens (tertiary/aromatic N) is 3. The van der Waals surface area contributed by atoms with Crippen LogP contribution in [0.4, 0.5) is 0 Å². The lowest BCUT2D eigenvalue weighted by Crippen LogP contribution is -1.88. The molecule has 0 spiro atoms. The molecule has 1 rings (SSSR count). The Labute approximate surface area is 66.9 Å². The van der Waals surface area contributed by atoms with E-state index in [1.807, 2.05) is 6.07 Å². The van der Waals surface area contributed by atoms with Gasteiger partial charge in [-0.15, -0.1) is 0 Å². The van der Waals surface area contributed by atoms with E-state index in [4.69, 9.17) is 5.26 Å². The van der Waals surface area contributed by atoms with Crippen molar-refractivity contribution in [1.29, 1.82) is 5.26 Å². The molecular formula is C6H4BrN3. The topological polar surface area (TPSA) is 49.6 Å². The van der Waals surface area contributed by atoms with Gasteiger partial charge >= 0.3 is 0 Å². The van der Waals surface area contributed by atoms with Crippen LogP contribution in [0.15, 0.2) is 17.0 Å².